The van der Waals surface area contributed by atoms with E-state index >= 15 is 0 Å². The highest BCUT2D eigenvalue weighted by Gasteiger charge is 2.13. The number of aromatic nitrogens is 1. The molecule has 0 aliphatic carbocycles. The number of aryl methyl sites for hydroxylation is 1. The molecule has 1 heterocycles. The van der Waals surface area contributed by atoms with Crippen LogP contribution in [0.2, 0.25) is 0 Å². The van der Waals surface area contributed by atoms with Crippen LogP contribution in [0, 0.1) is 0 Å². The molecule has 0 saturated carbocycles. The Kier molecular flexibility index (Phi) is 4.00. The van der Waals surface area contributed by atoms with Gasteiger partial charge in [0.1, 0.15) is 5.70 Å². The molecule has 0 unspecified atom stereocenters. The lowest BCUT2D eigenvalue weighted by Crippen LogP contribution is -2.27. The molecular weight excluding hydrogens is 256 g/mol. The van der Waals surface area contributed by atoms with E-state index in [0.29, 0.717) is 11.3 Å². The molecule has 5 nitrogen and oxygen atoms in total. The first-order valence-corrected chi connectivity index (χ1v) is 6.00. The number of rotatable bonds is 4. The smallest absolute Gasteiger partial charge is 0.352 e. The fraction of sp³-hybridized carbons (Fsp3) is 0.0667. The normalized spacial score (nSPS) is 11.2. The summed E-state index contributed by atoms with van der Waals surface area (Å²) < 4.78 is 1.76. The number of benzene rings is 1. The van der Waals surface area contributed by atoms with Gasteiger partial charge in [-0.1, -0.05) is 18.2 Å². The minimum atomic E-state index is -1.18. The van der Waals surface area contributed by atoms with Gasteiger partial charge in [-0.25, -0.2) is 4.79 Å². The van der Waals surface area contributed by atoms with E-state index in [-0.39, 0.29) is 5.70 Å². The summed E-state index contributed by atoms with van der Waals surface area (Å²) in [5.41, 5.74) is 0.933. The molecule has 0 saturated heterocycles. The minimum Gasteiger partial charge on any atom is -0.477 e. The van der Waals surface area contributed by atoms with E-state index in [1.54, 1.807) is 60.3 Å². The topological polar surface area (TPSA) is 71.3 Å². The van der Waals surface area contributed by atoms with Crippen molar-refractivity contribution < 1.29 is 14.7 Å². The fourth-order valence-corrected chi connectivity index (χ4v) is 1.71. The number of carbonyl (C=O) groups is 2. The summed E-state index contributed by atoms with van der Waals surface area (Å²) in [6.07, 6.45) is 3.22. The Bertz CT molecular complexity index is 657. The standard InChI is InChI=1S/C15H14N2O3/c1-17-9-5-8-12(17)10-13(15(19)20)16-14(18)11-6-3-2-4-7-11/h2-10H,1H3,(H,16,18)(H,19,20)/b13-10+. The monoisotopic (exact) mass is 270 g/mol. The van der Waals surface area contributed by atoms with E-state index in [9.17, 15) is 9.59 Å². The molecule has 0 aliphatic heterocycles. The molecule has 0 spiro atoms. The van der Waals surface area contributed by atoms with Gasteiger partial charge in [0.25, 0.3) is 5.91 Å². The third-order valence-corrected chi connectivity index (χ3v) is 2.79. The van der Waals surface area contributed by atoms with E-state index < -0.39 is 11.9 Å². The number of carboxylic acids is 1. The van der Waals surface area contributed by atoms with Crippen molar-refractivity contribution in [3.05, 3.63) is 65.6 Å². The molecule has 102 valence electrons. The molecule has 5 heteroatoms. The van der Waals surface area contributed by atoms with Gasteiger partial charge >= 0.3 is 5.97 Å². The molecule has 2 aromatic rings. The van der Waals surface area contributed by atoms with Crippen molar-refractivity contribution in [2.24, 2.45) is 7.05 Å². The van der Waals surface area contributed by atoms with Crippen molar-refractivity contribution >= 4 is 18.0 Å². The Balaban J connectivity index is 2.23. The van der Waals surface area contributed by atoms with E-state index in [2.05, 4.69) is 5.32 Å². The predicted octanol–water partition coefficient (Wildman–Crippen LogP) is 1.88. The van der Waals surface area contributed by atoms with Crippen LogP contribution in [0.3, 0.4) is 0 Å². The van der Waals surface area contributed by atoms with Crippen LogP contribution in [-0.2, 0) is 11.8 Å². The van der Waals surface area contributed by atoms with E-state index in [1.807, 2.05) is 0 Å². The van der Waals surface area contributed by atoms with Crippen LogP contribution >= 0.6 is 0 Å². The highest BCUT2D eigenvalue weighted by atomic mass is 16.4. The molecule has 1 amide bonds. The van der Waals surface area contributed by atoms with E-state index in [1.165, 1.54) is 6.08 Å². The second kappa shape index (κ2) is 5.88. The number of nitrogens with one attached hydrogen (secondary N) is 1. The first-order chi connectivity index (χ1) is 9.58. The lowest BCUT2D eigenvalue weighted by molar-refractivity contribution is -0.132. The van der Waals surface area contributed by atoms with Crippen LogP contribution in [0.5, 0.6) is 0 Å². The zero-order chi connectivity index (χ0) is 14.5. The Morgan fingerprint density at radius 2 is 1.85 bits per heavy atom. The zero-order valence-corrected chi connectivity index (χ0v) is 10.9. The van der Waals surface area contributed by atoms with Gasteiger partial charge in [-0.05, 0) is 30.3 Å². The van der Waals surface area contributed by atoms with Crippen LogP contribution in [0.1, 0.15) is 16.1 Å². The maximum atomic E-state index is 12.0. The van der Waals surface area contributed by atoms with Crippen molar-refractivity contribution in [2.75, 3.05) is 0 Å². The number of hydrogen-bond acceptors (Lipinski definition) is 2. The summed E-state index contributed by atoms with van der Waals surface area (Å²) in [6, 6.07) is 12.0. The van der Waals surface area contributed by atoms with Gasteiger partial charge in [0.2, 0.25) is 0 Å². The second-order valence-electron chi connectivity index (χ2n) is 4.23. The molecule has 2 N–H and O–H groups in total. The number of nitrogens with zero attached hydrogens (tertiary/aromatic N) is 1. The number of amides is 1. The summed E-state index contributed by atoms with van der Waals surface area (Å²) in [4.78, 5) is 23.2. The molecule has 1 aromatic heterocycles. The molecule has 0 atom stereocenters. The highest BCUT2D eigenvalue weighted by Crippen LogP contribution is 2.07. The molecule has 0 bridgehead atoms. The Labute approximate surface area is 116 Å². The lowest BCUT2D eigenvalue weighted by Gasteiger charge is -2.06. The maximum Gasteiger partial charge on any atom is 0.352 e. The van der Waals surface area contributed by atoms with Crippen molar-refractivity contribution in [2.45, 2.75) is 0 Å². The SMILES string of the molecule is Cn1cccc1/C=C(/NC(=O)c1ccccc1)C(=O)O. The van der Waals surface area contributed by atoms with E-state index in [4.69, 9.17) is 5.11 Å². The van der Waals surface area contributed by atoms with Gasteiger partial charge in [0, 0.05) is 24.5 Å². The predicted molar refractivity (Wildman–Crippen MR) is 74.9 cm³/mol. The number of carbonyl (C=O) groups excluding carboxylic acids is 1. The first kappa shape index (κ1) is 13.6. The fourth-order valence-electron chi connectivity index (χ4n) is 1.71. The number of hydrogen-bond donors (Lipinski definition) is 2. The third kappa shape index (κ3) is 3.14. The van der Waals surface area contributed by atoms with Gasteiger partial charge in [0.05, 0.1) is 0 Å². The van der Waals surface area contributed by atoms with Crippen LogP contribution in [0.15, 0.2) is 54.4 Å². The highest BCUT2D eigenvalue weighted by molar-refractivity contribution is 6.02. The third-order valence-electron chi connectivity index (χ3n) is 2.79. The van der Waals surface area contributed by atoms with Crippen molar-refractivity contribution in [3.8, 4) is 0 Å². The molecule has 20 heavy (non-hydrogen) atoms. The Hall–Kier alpha value is -2.82. The average Bonchev–Trinajstić information content (AvgIpc) is 2.84. The molecule has 0 radical (unpaired) electrons. The van der Waals surface area contributed by atoms with Crippen LogP contribution < -0.4 is 5.32 Å². The quantitative estimate of drug-likeness (QED) is 0.833. The average molecular weight is 270 g/mol. The lowest BCUT2D eigenvalue weighted by atomic mass is 10.2. The maximum absolute atomic E-state index is 12.0. The summed E-state index contributed by atoms with van der Waals surface area (Å²) in [5.74, 6) is -1.64. The summed E-state index contributed by atoms with van der Waals surface area (Å²) >= 11 is 0. The summed E-state index contributed by atoms with van der Waals surface area (Å²) in [7, 11) is 1.80. The first-order valence-electron chi connectivity index (χ1n) is 6.00. The minimum absolute atomic E-state index is 0.166. The second-order valence-corrected chi connectivity index (χ2v) is 4.23. The molecule has 1 aromatic carbocycles. The summed E-state index contributed by atoms with van der Waals surface area (Å²) in [5, 5.41) is 11.6. The molecular formula is C15H14N2O3. The van der Waals surface area contributed by atoms with Gasteiger partial charge in [-0.15, -0.1) is 0 Å². The Morgan fingerprint density at radius 1 is 1.15 bits per heavy atom. The largest absolute Gasteiger partial charge is 0.477 e. The number of aliphatic carboxylic acids is 1. The van der Waals surface area contributed by atoms with E-state index in [0.717, 1.165) is 0 Å². The molecule has 0 fully saturated rings. The van der Waals surface area contributed by atoms with Crippen molar-refractivity contribution in [1.82, 2.24) is 9.88 Å². The number of carboxylic acid groups (broad SMARTS) is 1. The zero-order valence-electron chi connectivity index (χ0n) is 10.9. The molecule has 0 aliphatic rings. The van der Waals surface area contributed by atoms with Gasteiger partial charge in [-0.3, -0.25) is 4.79 Å². The van der Waals surface area contributed by atoms with Crippen molar-refractivity contribution in [3.63, 3.8) is 0 Å². The van der Waals surface area contributed by atoms with Crippen molar-refractivity contribution in [1.29, 1.82) is 0 Å². The summed E-state index contributed by atoms with van der Waals surface area (Å²) in [6.45, 7) is 0. The van der Waals surface area contributed by atoms with Crippen LogP contribution in [0.25, 0.3) is 6.08 Å². The van der Waals surface area contributed by atoms with Crippen LogP contribution in [0.4, 0.5) is 0 Å². The van der Waals surface area contributed by atoms with Gasteiger partial charge in [0.15, 0.2) is 0 Å². The van der Waals surface area contributed by atoms with Gasteiger partial charge in [-0.2, -0.15) is 0 Å². The Morgan fingerprint density at radius 3 is 2.40 bits per heavy atom. The van der Waals surface area contributed by atoms with Crippen LogP contribution in [-0.4, -0.2) is 21.6 Å². The molecule has 2 rings (SSSR count). The van der Waals surface area contributed by atoms with Gasteiger partial charge < -0.3 is 15.0 Å².